The molecule has 1 fully saturated rings. The minimum atomic E-state index is 0.612. The zero-order valence-corrected chi connectivity index (χ0v) is 10.9. The van der Waals surface area contributed by atoms with Crippen molar-refractivity contribution < 1.29 is 0 Å². The summed E-state index contributed by atoms with van der Waals surface area (Å²) in [5.74, 6) is 1.98. The first-order valence-electron chi connectivity index (χ1n) is 7.11. The first-order valence-corrected chi connectivity index (χ1v) is 7.11. The van der Waals surface area contributed by atoms with Crippen LogP contribution in [0.4, 0.5) is 0 Å². The van der Waals surface area contributed by atoms with Crippen LogP contribution in [0.15, 0.2) is 12.4 Å². The van der Waals surface area contributed by atoms with E-state index >= 15 is 0 Å². The molecule has 3 heteroatoms. The van der Waals surface area contributed by atoms with E-state index in [4.69, 9.17) is 0 Å². The van der Waals surface area contributed by atoms with Crippen LogP contribution in [0.5, 0.6) is 0 Å². The van der Waals surface area contributed by atoms with Crippen molar-refractivity contribution in [2.75, 3.05) is 6.54 Å². The molecular formula is C14H25N3. The summed E-state index contributed by atoms with van der Waals surface area (Å²) in [6, 6.07) is 0.612. The van der Waals surface area contributed by atoms with Crippen LogP contribution in [-0.2, 0) is 6.42 Å². The van der Waals surface area contributed by atoms with E-state index < -0.39 is 0 Å². The standard InChI is InChI=1S/C14H25N3/c1-2-8-15-13(11-14-16-9-10-17-14)12-6-4-3-5-7-12/h9-10,12-13,15H,2-8,11H2,1H3,(H,16,17). The largest absolute Gasteiger partial charge is 0.349 e. The fraction of sp³-hybridized carbons (Fsp3) is 0.786. The Morgan fingerprint density at radius 1 is 1.41 bits per heavy atom. The Balaban J connectivity index is 1.91. The Bertz CT molecular complexity index is 288. The van der Waals surface area contributed by atoms with E-state index in [0.29, 0.717) is 6.04 Å². The van der Waals surface area contributed by atoms with Gasteiger partial charge in [0, 0.05) is 24.9 Å². The first-order chi connectivity index (χ1) is 8.40. The van der Waals surface area contributed by atoms with Gasteiger partial charge in [0.25, 0.3) is 0 Å². The molecule has 1 unspecified atom stereocenters. The average Bonchev–Trinajstić information content (AvgIpc) is 2.88. The molecule has 1 aromatic rings. The molecule has 3 nitrogen and oxygen atoms in total. The predicted molar refractivity (Wildman–Crippen MR) is 70.9 cm³/mol. The summed E-state index contributed by atoms with van der Waals surface area (Å²) < 4.78 is 0. The van der Waals surface area contributed by atoms with Crippen molar-refractivity contribution in [2.24, 2.45) is 5.92 Å². The number of hydrogen-bond acceptors (Lipinski definition) is 2. The molecule has 0 amide bonds. The highest BCUT2D eigenvalue weighted by atomic mass is 14.9. The van der Waals surface area contributed by atoms with Crippen LogP contribution in [0.3, 0.4) is 0 Å². The summed E-state index contributed by atoms with van der Waals surface area (Å²) in [6.45, 7) is 3.36. The van der Waals surface area contributed by atoms with Crippen LogP contribution in [0.2, 0.25) is 0 Å². The summed E-state index contributed by atoms with van der Waals surface area (Å²) in [7, 11) is 0. The molecule has 0 aromatic carbocycles. The van der Waals surface area contributed by atoms with Crippen molar-refractivity contribution in [2.45, 2.75) is 57.9 Å². The van der Waals surface area contributed by atoms with Crippen LogP contribution >= 0.6 is 0 Å². The third-order valence-corrected chi connectivity index (χ3v) is 3.84. The van der Waals surface area contributed by atoms with E-state index in [2.05, 4.69) is 22.2 Å². The molecule has 1 aromatic heterocycles. The van der Waals surface area contributed by atoms with E-state index in [1.807, 2.05) is 12.4 Å². The molecule has 96 valence electrons. The molecule has 1 atom stereocenters. The van der Waals surface area contributed by atoms with Crippen molar-refractivity contribution in [3.05, 3.63) is 18.2 Å². The highest BCUT2D eigenvalue weighted by Gasteiger charge is 2.23. The fourth-order valence-corrected chi connectivity index (χ4v) is 2.89. The summed E-state index contributed by atoms with van der Waals surface area (Å²) in [5, 5.41) is 3.72. The van der Waals surface area contributed by atoms with Gasteiger partial charge in [0.05, 0.1) is 0 Å². The number of aromatic nitrogens is 2. The van der Waals surface area contributed by atoms with Crippen molar-refractivity contribution in [3.63, 3.8) is 0 Å². The normalized spacial score (nSPS) is 19.4. The number of H-pyrrole nitrogens is 1. The maximum Gasteiger partial charge on any atom is 0.107 e. The van der Waals surface area contributed by atoms with E-state index in [-0.39, 0.29) is 0 Å². The Hall–Kier alpha value is -0.830. The molecule has 1 heterocycles. The summed E-state index contributed by atoms with van der Waals surface area (Å²) >= 11 is 0. The lowest BCUT2D eigenvalue weighted by Crippen LogP contribution is -2.39. The predicted octanol–water partition coefficient (Wildman–Crippen LogP) is 2.90. The van der Waals surface area contributed by atoms with Gasteiger partial charge in [-0.1, -0.05) is 26.2 Å². The molecule has 17 heavy (non-hydrogen) atoms. The quantitative estimate of drug-likeness (QED) is 0.796. The van der Waals surface area contributed by atoms with Crippen LogP contribution in [0, 0.1) is 5.92 Å². The number of nitrogens with zero attached hydrogens (tertiary/aromatic N) is 1. The molecule has 2 N–H and O–H groups in total. The monoisotopic (exact) mass is 235 g/mol. The van der Waals surface area contributed by atoms with E-state index in [1.54, 1.807) is 0 Å². The third-order valence-electron chi connectivity index (χ3n) is 3.84. The van der Waals surface area contributed by atoms with Gasteiger partial charge in [-0.05, 0) is 31.7 Å². The number of hydrogen-bond donors (Lipinski definition) is 2. The van der Waals surface area contributed by atoms with Gasteiger partial charge >= 0.3 is 0 Å². The molecule has 0 aliphatic heterocycles. The van der Waals surface area contributed by atoms with Crippen LogP contribution in [0.1, 0.15) is 51.3 Å². The van der Waals surface area contributed by atoms with E-state index in [9.17, 15) is 0 Å². The topological polar surface area (TPSA) is 40.7 Å². The maximum atomic E-state index is 4.36. The lowest BCUT2D eigenvalue weighted by molar-refractivity contribution is 0.265. The lowest BCUT2D eigenvalue weighted by atomic mass is 9.82. The molecule has 0 bridgehead atoms. The van der Waals surface area contributed by atoms with Crippen molar-refractivity contribution in [1.82, 2.24) is 15.3 Å². The number of imidazole rings is 1. The number of aromatic amines is 1. The molecule has 2 rings (SSSR count). The van der Waals surface area contributed by atoms with Crippen molar-refractivity contribution in [3.8, 4) is 0 Å². The molecule has 0 spiro atoms. The van der Waals surface area contributed by atoms with Gasteiger partial charge in [-0.3, -0.25) is 0 Å². The molecule has 1 aliphatic rings. The van der Waals surface area contributed by atoms with Crippen LogP contribution in [-0.4, -0.2) is 22.6 Å². The van der Waals surface area contributed by atoms with E-state index in [0.717, 1.165) is 24.7 Å². The average molecular weight is 235 g/mol. The Labute approximate surface area is 104 Å². The number of nitrogens with one attached hydrogen (secondary N) is 2. The van der Waals surface area contributed by atoms with E-state index in [1.165, 1.54) is 38.5 Å². The summed E-state index contributed by atoms with van der Waals surface area (Å²) in [5.41, 5.74) is 0. The maximum absolute atomic E-state index is 4.36. The molecule has 1 saturated carbocycles. The molecule has 1 aliphatic carbocycles. The van der Waals surface area contributed by atoms with Gasteiger partial charge < -0.3 is 10.3 Å². The van der Waals surface area contributed by atoms with Gasteiger partial charge in [-0.15, -0.1) is 0 Å². The van der Waals surface area contributed by atoms with Crippen LogP contribution < -0.4 is 5.32 Å². The Morgan fingerprint density at radius 2 is 2.24 bits per heavy atom. The second kappa shape index (κ2) is 6.80. The minimum absolute atomic E-state index is 0.612. The lowest BCUT2D eigenvalue weighted by Gasteiger charge is -2.30. The Morgan fingerprint density at radius 3 is 2.88 bits per heavy atom. The molecule has 0 saturated heterocycles. The first kappa shape index (κ1) is 12.6. The zero-order chi connectivity index (χ0) is 11.9. The van der Waals surface area contributed by atoms with Gasteiger partial charge in [-0.2, -0.15) is 0 Å². The molecular weight excluding hydrogens is 210 g/mol. The summed E-state index contributed by atoms with van der Waals surface area (Å²) in [6.07, 6.45) is 13.1. The van der Waals surface area contributed by atoms with Gasteiger partial charge in [0.2, 0.25) is 0 Å². The summed E-state index contributed by atoms with van der Waals surface area (Å²) in [4.78, 5) is 7.60. The van der Waals surface area contributed by atoms with Crippen molar-refractivity contribution in [1.29, 1.82) is 0 Å². The SMILES string of the molecule is CCCNC(Cc1ncc[nH]1)C1CCCCC1. The Kier molecular flexibility index (Phi) is 5.05. The van der Waals surface area contributed by atoms with Gasteiger partial charge in [-0.25, -0.2) is 4.98 Å². The van der Waals surface area contributed by atoms with Crippen molar-refractivity contribution >= 4 is 0 Å². The number of rotatable bonds is 6. The minimum Gasteiger partial charge on any atom is -0.349 e. The molecule has 0 radical (unpaired) electrons. The highest BCUT2D eigenvalue weighted by molar-refractivity contribution is 4.93. The van der Waals surface area contributed by atoms with Gasteiger partial charge in [0.15, 0.2) is 0 Å². The third kappa shape index (κ3) is 3.84. The zero-order valence-electron chi connectivity index (χ0n) is 10.9. The highest BCUT2D eigenvalue weighted by Crippen LogP contribution is 2.27. The fourth-order valence-electron chi connectivity index (χ4n) is 2.89. The second-order valence-corrected chi connectivity index (χ2v) is 5.20. The second-order valence-electron chi connectivity index (χ2n) is 5.20. The smallest absolute Gasteiger partial charge is 0.107 e. The van der Waals surface area contributed by atoms with Gasteiger partial charge in [0.1, 0.15) is 5.82 Å². The van der Waals surface area contributed by atoms with Crippen LogP contribution in [0.25, 0.3) is 0 Å².